The predicted octanol–water partition coefficient (Wildman–Crippen LogP) is 2.60. The molecular weight excluding hydrogens is 228 g/mol. The number of nitrogens with one attached hydrogen (secondary N) is 1. The second-order valence-electron chi connectivity index (χ2n) is 4.00. The summed E-state index contributed by atoms with van der Waals surface area (Å²) in [5.74, 6) is 1.40. The summed E-state index contributed by atoms with van der Waals surface area (Å²) in [6, 6.07) is 4.34. The van der Waals surface area contributed by atoms with Crippen LogP contribution in [0.1, 0.15) is 12.0 Å². The van der Waals surface area contributed by atoms with Crippen molar-refractivity contribution in [3.63, 3.8) is 0 Å². The molecule has 0 spiro atoms. The molecule has 1 N–H and O–H groups in total. The van der Waals surface area contributed by atoms with Gasteiger partial charge in [0.25, 0.3) is 0 Å². The van der Waals surface area contributed by atoms with Gasteiger partial charge in [-0.3, -0.25) is 0 Å². The molecule has 0 bridgehead atoms. The molecule has 1 fully saturated rings. The molecule has 0 aliphatic carbocycles. The van der Waals surface area contributed by atoms with Gasteiger partial charge >= 0.3 is 0 Å². The topological polar surface area (TPSA) is 12.0 Å². The van der Waals surface area contributed by atoms with Crippen LogP contribution in [0.3, 0.4) is 0 Å². The lowest BCUT2D eigenvalue weighted by molar-refractivity contribution is 0.541. The zero-order valence-electron chi connectivity index (χ0n) is 9.01. The Morgan fingerprint density at radius 2 is 2.25 bits per heavy atom. The Morgan fingerprint density at radius 3 is 2.94 bits per heavy atom. The Balaban J connectivity index is 1.80. The Labute approximate surface area is 98.6 Å². The third-order valence-corrected chi connectivity index (χ3v) is 3.93. The van der Waals surface area contributed by atoms with Crippen molar-refractivity contribution in [3.8, 4) is 0 Å². The van der Waals surface area contributed by atoms with Crippen molar-refractivity contribution in [1.29, 1.82) is 0 Å². The monoisotopic (exact) mass is 243 g/mol. The second-order valence-corrected chi connectivity index (χ2v) is 5.15. The van der Waals surface area contributed by atoms with E-state index in [9.17, 15) is 8.78 Å². The van der Waals surface area contributed by atoms with Crippen LogP contribution >= 0.6 is 11.8 Å². The van der Waals surface area contributed by atoms with Crippen LogP contribution in [0.15, 0.2) is 18.2 Å². The van der Waals surface area contributed by atoms with E-state index < -0.39 is 11.6 Å². The molecular formula is C12H15F2NS. The molecule has 1 saturated heterocycles. The normalized spacial score (nSPS) is 20.2. The van der Waals surface area contributed by atoms with E-state index in [-0.39, 0.29) is 0 Å². The largest absolute Gasteiger partial charge is 0.313 e. The van der Waals surface area contributed by atoms with Gasteiger partial charge in [0.15, 0.2) is 0 Å². The molecule has 2 rings (SSSR count). The highest BCUT2D eigenvalue weighted by molar-refractivity contribution is 7.99. The number of halogens is 2. The van der Waals surface area contributed by atoms with Crippen LogP contribution in [0.2, 0.25) is 0 Å². The Kier molecular flexibility index (Phi) is 4.18. The molecule has 1 nitrogen and oxygen atoms in total. The highest BCUT2D eigenvalue weighted by atomic mass is 32.2. The van der Waals surface area contributed by atoms with Crippen molar-refractivity contribution in [2.75, 3.05) is 18.1 Å². The molecule has 0 radical (unpaired) electrons. The van der Waals surface area contributed by atoms with Gasteiger partial charge in [-0.2, -0.15) is 11.8 Å². The van der Waals surface area contributed by atoms with Crippen molar-refractivity contribution in [2.45, 2.75) is 18.9 Å². The minimum Gasteiger partial charge on any atom is -0.313 e. The third-order valence-electron chi connectivity index (χ3n) is 2.77. The molecule has 0 aromatic heterocycles. The summed E-state index contributed by atoms with van der Waals surface area (Å²) in [6.45, 7) is 0.758. The minimum atomic E-state index is -0.513. The first-order valence-corrected chi connectivity index (χ1v) is 6.66. The van der Waals surface area contributed by atoms with Crippen molar-refractivity contribution < 1.29 is 8.78 Å². The molecule has 1 aromatic rings. The van der Waals surface area contributed by atoms with Gasteiger partial charge < -0.3 is 5.32 Å². The van der Waals surface area contributed by atoms with Crippen LogP contribution in [0.25, 0.3) is 0 Å². The fourth-order valence-corrected chi connectivity index (χ4v) is 3.02. The fraction of sp³-hybridized carbons (Fsp3) is 0.500. The first-order chi connectivity index (χ1) is 7.75. The van der Waals surface area contributed by atoms with Crippen LogP contribution in [-0.2, 0) is 6.42 Å². The summed E-state index contributed by atoms with van der Waals surface area (Å²) in [6.07, 6.45) is 1.81. The van der Waals surface area contributed by atoms with Gasteiger partial charge in [0.05, 0.1) is 0 Å². The molecule has 0 saturated carbocycles. The van der Waals surface area contributed by atoms with Crippen LogP contribution in [0, 0.1) is 11.6 Å². The van der Waals surface area contributed by atoms with E-state index in [1.165, 1.54) is 24.3 Å². The highest BCUT2D eigenvalue weighted by Crippen LogP contribution is 2.17. The van der Waals surface area contributed by atoms with Crippen molar-refractivity contribution in [2.24, 2.45) is 0 Å². The van der Waals surface area contributed by atoms with Crippen LogP contribution in [0.4, 0.5) is 8.78 Å². The lowest BCUT2D eigenvalue weighted by Gasteiger charge is -2.11. The quantitative estimate of drug-likeness (QED) is 0.872. The maximum Gasteiger partial charge on any atom is 0.129 e. The number of hydrogen-bond donors (Lipinski definition) is 1. The minimum absolute atomic E-state index is 0.442. The van der Waals surface area contributed by atoms with Gasteiger partial charge in [-0.25, -0.2) is 8.78 Å². The number of thioether (sulfide) groups is 1. The second kappa shape index (κ2) is 5.64. The van der Waals surface area contributed by atoms with Gasteiger partial charge in [-0.1, -0.05) is 6.07 Å². The predicted molar refractivity (Wildman–Crippen MR) is 63.8 cm³/mol. The molecule has 16 heavy (non-hydrogen) atoms. The molecule has 88 valence electrons. The SMILES string of the molecule is Fc1ccc(CCNC2CCSC2)c(F)c1. The van der Waals surface area contributed by atoms with Gasteiger partial charge in [0, 0.05) is 17.9 Å². The Morgan fingerprint density at radius 1 is 1.38 bits per heavy atom. The van der Waals surface area contributed by atoms with E-state index in [1.54, 1.807) is 0 Å². The zero-order valence-corrected chi connectivity index (χ0v) is 9.83. The smallest absolute Gasteiger partial charge is 0.129 e. The summed E-state index contributed by atoms with van der Waals surface area (Å²) < 4.78 is 25.9. The van der Waals surface area contributed by atoms with E-state index in [4.69, 9.17) is 0 Å². The first kappa shape index (κ1) is 11.9. The molecule has 4 heteroatoms. The summed E-state index contributed by atoms with van der Waals surface area (Å²) in [4.78, 5) is 0. The molecule has 0 amide bonds. The first-order valence-electron chi connectivity index (χ1n) is 5.51. The van der Waals surface area contributed by atoms with Crippen LogP contribution < -0.4 is 5.32 Å². The van der Waals surface area contributed by atoms with Gasteiger partial charge in [0.1, 0.15) is 11.6 Å². The molecule has 1 aliphatic rings. The van der Waals surface area contributed by atoms with E-state index in [0.717, 1.165) is 18.4 Å². The molecule has 1 heterocycles. The summed E-state index contributed by atoms with van der Waals surface area (Å²) in [5.41, 5.74) is 0.583. The van der Waals surface area contributed by atoms with Gasteiger partial charge in [-0.05, 0) is 36.8 Å². The Hall–Kier alpha value is -0.610. The Bertz CT molecular complexity index is 351. The third kappa shape index (κ3) is 3.19. The zero-order chi connectivity index (χ0) is 11.4. The summed E-state index contributed by atoms with van der Waals surface area (Å²) in [5, 5.41) is 3.39. The van der Waals surface area contributed by atoms with Gasteiger partial charge in [0.2, 0.25) is 0 Å². The summed E-state index contributed by atoms with van der Waals surface area (Å²) in [7, 11) is 0. The van der Waals surface area contributed by atoms with E-state index in [2.05, 4.69) is 5.32 Å². The lowest BCUT2D eigenvalue weighted by atomic mass is 10.1. The lowest BCUT2D eigenvalue weighted by Crippen LogP contribution is -2.30. The number of hydrogen-bond acceptors (Lipinski definition) is 2. The fourth-order valence-electron chi connectivity index (χ4n) is 1.83. The van der Waals surface area contributed by atoms with E-state index in [1.807, 2.05) is 11.8 Å². The molecule has 1 unspecified atom stereocenters. The average Bonchev–Trinajstić information content (AvgIpc) is 2.74. The maximum atomic E-state index is 13.3. The summed E-state index contributed by atoms with van der Waals surface area (Å²) >= 11 is 1.95. The highest BCUT2D eigenvalue weighted by Gasteiger charge is 2.14. The average molecular weight is 243 g/mol. The number of benzene rings is 1. The van der Waals surface area contributed by atoms with E-state index >= 15 is 0 Å². The van der Waals surface area contributed by atoms with Crippen molar-refractivity contribution in [1.82, 2.24) is 5.32 Å². The van der Waals surface area contributed by atoms with Crippen molar-refractivity contribution >= 4 is 11.8 Å². The van der Waals surface area contributed by atoms with Crippen molar-refractivity contribution in [3.05, 3.63) is 35.4 Å². The molecule has 1 aromatic carbocycles. The van der Waals surface area contributed by atoms with Crippen LogP contribution in [-0.4, -0.2) is 24.1 Å². The van der Waals surface area contributed by atoms with E-state index in [0.29, 0.717) is 18.0 Å². The maximum absolute atomic E-state index is 13.3. The number of rotatable bonds is 4. The van der Waals surface area contributed by atoms with Gasteiger partial charge in [-0.15, -0.1) is 0 Å². The standard InChI is InChI=1S/C12H15F2NS/c13-10-2-1-9(12(14)7-10)3-5-15-11-4-6-16-8-11/h1-2,7,11,15H,3-6,8H2. The van der Waals surface area contributed by atoms with Crippen LogP contribution in [0.5, 0.6) is 0 Å². The molecule has 1 atom stereocenters. The molecule has 1 aliphatic heterocycles.